The highest BCUT2D eigenvalue weighted by Gasteiger charge is 2.25. The molecule has 5 heteroatoms. The van der Waals surface area contributed by atoms with E-state index in [4.69, 9.17) is 0 Å². The summed E-state index contributed by atoms with van der Waals surface area (Å²) in [5.74, 6) is -0.509. The Morgan fingerprint density at radius 2 is 1.96 bits per heavy atom. The maximum absolute atomic E-state index is 13.1. The van der Waals surface area contributed by atoms with Crippen LogP contribution in [0.5, 0.6) is 0 Å². The van der Waals surface area contributed by atoms with E-state index in [1.165, 1.54) is 30.5 Å². The van der Waals surface area contributed by atoms with E-state index in [1.807, 2.05) is 6.92 Å². The van der Waals surface area contributed by atoms with E-state index in [9.17, 15) is 14.0 Å². The largest absolute Gasteiger partial charge is 0.354 e. The highest BCUT2D eigenvalue weighted by atomic mass is 19.1. The Morgan fingerprint density at radius 3 is 2.59 bits per heavy atom. The van der Waals surface area contributed by atoms with Gasteiger partial charge in [-0.15, -0.1) is 0 Å². The zero-order chi connectivity index (χ0) is 19.6. The minimum atomic E-state index is -0.561. The fourth-order valence-electron chi connectivity index (χ4n) is 3.35. The Bertz CT molecular complexity index is 655. The summed E-state index contributed by atoms with van der Waals surface area (Å²) in [4.78, 5) is 26.7. The molecule has 0 aliphatic heterocycles. The number of hydrogen-bond donors (Lipinski definition) is 1. The molecule has 2 amide bonds. The number of nitrogens with zero attached hydrogens (tertiary/aromatic N) is 1. The minimum absolute atomic E-state index is 0.0561. The number of carbonyl (C=O) groups excluding carboxylic acids is 2. The molecule has 1 N–H and O–H groups in total. The van der Waals surface area contributed by atoms with Gasteiger partial charge in [0.05, 0.1) is 0 Å². The normalized spacial score (nSPS) is 15.0. The first-order valence-electron chi connectivity index (χ1n) is 10.0. The predicted molar refractivity (Wildman–Crippen MR) is 105 cm³/mol. The molecule has 1 aliphatic rings. The summed E-state index contributed by atoms with van der Waals surface area (Å²) in [6, 6.07) is 5.50. The van der Waals surface area contributed by atoms with Gasteiger partial charge in [-0.1, -0.05) is 30.7 Å². The van der Waals surface area contributed by atoms with E-state index in [0.29, 0.717) is 19.5 Å². The number of amides is 2. The number of benzene rings is 1. The summed E-state index contributed by atoms with van der Waals surface area (Å²) >= 11 is 0. The van der Waals surface area contributed by atoms with Crippen LogP contribution in [0.25, 0.3) is 0 Å². The van der Waals surface area contributed by atoms with Crippen LogP contribution in [0.4, 0.5) is 4.39 Å². The number of hydrogen-bond acceptors (Lipinski definition) is 2. The van der Waals surface area contributed by atoms with Gasteiger partial charge in [-0.05, 0) is 63.1 Å². The van der Waals surface area contributed by atoms with E-state index >= 15 is 0 Å². The fourth-order valence-corrected chi connectivity index (χ4v) is 3.35. The van der Waals surface area contributed by atoms with E-state index in [0.717, 1.165) is 31.2 Å². The van der Waals surface area contributed by atoms with Crippen molar-refractivity contribution >= 4 is 11.8 Å². The monoisotopic (exact) mass is 374 g/mol. The molecule has 0 radical (unpaired) electrons. The van der Waals surface area contributed by atoms with Crippen LogP contribution < -0.4 is 5.32 Å². The number of nitrogens with one attached hydrogen (secondary N) is 1. The van der Waals surface area contributed by atoms with Crippen LogP contribution in [-0.4, -0.2) is 29.3 Å². The van der Waals surface area contributed by atoms with Gasteiger partial charge in [-0.3, -0.25) is 9.59 Å². The lowest BCUT2D eigenvalue weighted by molar-refractivity contribution is -0.140. The van der Waals surface area contributed by atoms with Crippen molar-refractivity contribution < 1.29 is 14.0 Å². The Kier molecular flexibility index (Phi) is 8.49. The fraction of sp³-hybridized carbons (Fsp3) is 0.545. The zero-order valence-electron chi connectivity index (χ0n) is 16.5. The first-order valence-corrected chi connectivity index (χ1v) is 10.0. The van der Waals surface area contributed by atoms with Crippen molar-refractivity contribution in [3.8, 4) is 0 Å². The quantitative estimate of drug-likeness (QED) is 0.653. The molecule has 0 spiro atoms. The van der Waals surface area contributed by atoms with Crippen LogP contribution >= 0.6 is 0 Å². The molecular weight excluding hydrogens is 343 g/mol. The average Bonchev–Trinajstić information content (AvgIpc) is 2.68. The first kappa shape index (κ1) is 21.1. The molecule has 2 rings (SSSR count). The van der Waals surface area contributed by atoms with Crippen LogP contribution in [0.2, 0.25) is 0 Å². The van der Waals surface area contributed by atoms with E-state index in [1.54, 1.807) is 24.0 Å². The van der Waals surface area contributed by atoms with Crippen molar-refractivity contribution in [1.82, 2.24) is 10.2 Å². The lowest BCUT2D eigenvalue weighted by atomic mass is 9.97. The van der Waals surface area contributed by atoms with Crippen LogP contribution in [0.1, 0.15) is 64.4 Å². The SMILES string of the molecule is CCCC(=O)N(Cc1ccc(F)cc1)[C@@H](C)C(=O)NCCC1=CCCCC1. The predicted octanol–water partition coefficient (Wildman–Crippen LogP) is 4.35. The zero-order valence-corrected chi connectivity index (χ0v) is 16.5. The number of halogens is 1. The van der Waals surface area contributed by atoms with Crippen LogP contribution in [-0.2, 0) is 16.1 Å². The standard InChI is InChI=1S/C22H31FN2O2/c1-3-7-21(26)25(16-19-10-12-20(23)13-11-19)17(2)22(27)24-15-14-18-8-5-4-6-9-18/h8,10-13,17H,3-7,9,14-16H2,1-2H3,(H,24,27)/t17-/m0/s1. The average molecular weight is 375 g/mol. The maximum Gasteiger partial charge on any atom is 0.242 e. The second kappa shape index (κ2) is 10.9. The summed E-state index contributed by atoms with van der Waals surface area (Å²) in [6.45, 7) is 4.60. The third kappa shape index (κ3) is 6.81. The number of allylic oxidation sites excluding steroid dienone is 1. The van der Waals surface area contributed by atoms with Crippen molar-refractivity contribution in [1.29, 1.82) is 0 Å². The minimum Gasteiger partial charge on any atom is -0.354 e. The molecule has 27 heavy (non-hydrogen) atoms. The molecule has 0 saturated carbocycles. The molecule has 1 atom stereocenters. The smallest absolute Gasteiger partial charge is 0.242 e. The van der Waals surface area contributed by atoms with Crippen molar-refractivity contribution in [3.05, 3.63) is 47.3 Å². The van der Waals surface area contributed by atoms with Crippen molar-refractivity contribution in [2.45, 2.75) is 71.4 Å². The van der Waals surface area contributed by atoms with Gasteiger partial charge in [0.25, 0.3) is 0 Å². The molecule has 148 valence electrons. The van der Waals surface area contributed by atoms with Crippen LogP contribution in [0.3, 0.4) is 0 Å². The van der Waals surface area contributed by atoms with E-state index < -0.39 is 6.04 Å². The Balaban J connectivity index is 1.95. The number of rotatable bonds is 9. The molecule has 1 aliphatic carbocycles. The lowest BCUT2D eigenvalue weighted by Gasteiger charge is -2.29. The molecule has 1 aromatic carbocycles. The first-order chi connectivity index (χ1) is 13.0. The molecule has 0 unspecified atom stereocenters. The molecule has 0 heterocycles. The van der Waals surface area contributed by atoms with Gasteiger partial charge < -0.3 is 10.2 Å². The maximum atomic E-state index is 13.1. The Morgan fingerprint density at radius 1 is 1.22 bits per heavy atom. The second-order valence-corrected chi connectivity index (χ2v) is 7.22. The van der Waals surface area contributed by atoms with Crippen molar-refractivity contribution in [2.24, 2.45) is 0 Å². The van der Waals surface area contributed by atoms with Gasteiger partial charge in [-0.2, -0.15) is 0 Å². The number of carbonyl (C=O) groups is 2. The van der Waals surface area contributed by atoms with Gasteiger partial charge >= 0.3 is 0 Å². The molecule has 0 bridgehead atoms. The molecule has 4 nitrogen and oxygen atoms in total. The van der Waals surface area contributed by atoms with E-state index in [2.05, 4.69) is 11.4 Å². The highest BCUT2D eigenvalue weighted by Crippen LogP contribution is 2.19. The molecule has 0 fully saturated rings. The highest BCUT2D eigenvalue weighted by molar-refractivity contribution is 5.87. The molecule has 0 aromatic heterocycles. The van der Waals surface area contributed by atoms with Crippen LogP contribution in [0.15, 0.2) is 35.9 Å². The van der Waals surface area contributed by atoms with Gasteiger partial charge in [0.2, 0.25) is 11.8 Å². The van der Waals surface area contributed by atoms with Gasteiger partial charge in [0.1, 0.15) is 11.9 Å². The summed E-state index contributed by atoms with van der Waals surface area (Å²) in [5.41, 5.74) is 2.23. The lowest BCUT2D eigenvalue weighted by Crippen LogP contribution is -2.47. The van der Waals surface area contributed by atoms with Crippen molar-refractivity contribution in [2.75, 3.05) is 6.54 Å². The van der Waals surface area contributed by atoms with Crippen LogP contribution in [0, 0.1) is 5.82 Å². The van der Waals surface area contributed by atoms with Gasteiger partial charge in [0, 0.05) is 19.5 Å². The van der Waals surface area contributed by atoms with E-state index in [-0.39, 0.29) is 17.6 Å². The summed E-state index contributed by atoms with van der Waals surface area (Å²) in [6.07, 6.45) is 9.02. The third-order valence-electron chi connectivity index (χ3n) is 5.03. The summed E-state index contributed by atoms with van der Waals surface area (Å²) in [5, 5.41) is 2.97. The summed E-state index contributed by atoms with van der Waals surface area (Å²) in [7, 11) is 0. The molecule has 0 saturated heterocycles. The molecular formula is C22H31FN2O2. The Labute approximate surface area is 161 Å². The molecule has 1 aromatic rings. The Hall–Kier alpha value is -2.17. The topological polar surface area (TPSA) is 49.4 Å². The third-order valence-corrected chi connectivity index (χ3v) is 5.03. The van der Waals surface area contributed by atoms with Gasteiger partial charge in [0.15, 0.2) is 0 Å². The van der Waals surface area contributed by atoms with Gasteiger partial charge in [-0.25, -0.2) is 4.39 Å². The van der Waals surface area contributed by atoms with Crippen molar-refractivity contribution in [3.63, 3.8) is 0 Å². The summed E-state index contributed by atoms with van der Waals surface area (Å²) < 4.78 is 13.1. The second-order valence-electron chi connectivity index (χ2n) is 7.22.